The van der Waals surface area contributed by atoms with E-state index in [0.717, 1.165) is 12.0 Å². The summed E-state index contributed by atoms with van der Waals surface area (Å²) < 4.78 is 1.61. The van der Waals surface area contributed by atoms with Crippen LogP contribution in [0.25, 0.3) is 0 Å². The van der Waals surface area contributed by atoms with Crippen LogP contribution in [-0.4, -0.2) is 28.1 Å². The molecule has 0 aliphatic carbocycles. The number of hydrogen-bond donors (Lipinski definition) is 2. The first-order chi connectivity index (χ1) is 10.7. The molecule has 1 unspecified atom stereocenters. The molecule has 1 aliphatic heterocycles. The topological polar surface area (TPSA) is 76.0 Å². The van der Waals surface area contributed by atoms with Crippen molar-refractivity contribution in [2.45, 2.75) is 25.3 Å². The lowest BCUT2D eigenvalue weighted by molar-refractivity contribution is -0.122. The van der Waals surface area contributed by atoms with Crippen molar-refractivity contribution in [3.8, 4) is 0 Å². The minimum atomic E-state index is -0.269. The van der Waals surface area contributed by atoms with E-state index < -0.39 is 0 Å². The highest BCUT2D eigenvalue weighted by molar-refractivity contribution is 5.90. The number of nitrogens with one attached hydrogen (secondary N) is 2. The summed E-state index contributed by atoms with van der Waals surface area (Å²) in [5.74, 6) is -0.0793. The third kappa shape index (κ3) is 3.33. The number of hydrogen-bond acceptors (Lipinski definition) is 3. The highest BCUT2D eigenvalue weighted by Gasteiger charge is 2.26. The smallest absolute Gasteiger partial charge is 0.244 e. The maximum absolute atomic E-state index is 12.0. The van der Waals surface area contributed by atoms with Gasteiger partial charge in [-0.1, -0.05) is 30.3 Å². The van der Waals surface area contributed by atoms with Crippen LogP contribution in [0.1, 0.15) is 24.4 Å². The molecular weight excluding hydrogens is 280 g/mol. The lowest BCUT2D eigenvalue weighted by Gasteiger charge is -2.06. The van der Waals surface area contributed by atoms with Gasteiger partial charge in [-0.05, 0) is 18.4 Å². The molecule has 6 nitrogen and oxygen atoms in total. The summed E-state index contributed by atoms with van der Waals surface area (Å²) in [4.78, 5) is 23.6. The molecule has 2 heterocycles. The average molecular weight is 298 g/mol. The van der Waals surface area contributed by atoms with Crippen molar-refractivity contribution in [3.05, 3.63) is 48.3 Å². The molecule has 0 saturated carbocycles. The van der Waals surface area contributed by atoms with Crippen LogP contribution in [0.4, 0.5) is 5.69 Å². The molecular formula is C16H18N4O2. The number of aryl methyl sites for hydroxylation is 1. The molecule has 3 rings (SSSR count). The van der Waals surface area contributed by atoms with E-state index in [1.807, 2.05) is 30.3 Å². The fourth-order valence-corrected chi connectivity index (χ4v) is 2.53. The van der Waals surface area contributed by atoms with E-state index in [0.29, 0.717) is 25.1 Å². The largest absolute Gasteiger partial charge is 0.354 e. The van der Waals surface area contributed by atoms with Gasteiger partial charge in [0.1, 0.15) is 6.04 Å². The van der Waals surface area contributed by atoms with Crippen LogP contribution in [0.2, 0.25) is 0 Å². The SMILES string of the molecule is O=C(CCc1ccccc1)Nc1cnn(C2CCNC2=O)c1. The second-order valence-corrected chi connectivity index (χ2v) is 5.34. The Labute approximate surface area is 128 Å². The lowest BCUT2D eigenvalue weighted by Crippen LogP contribution is -2.22. The number of carbonyl (C=O) groups is 2. The zero-order valence-corrected chi connectivity index (χ0v) is 12.2. The summed E-state index contributed by atoms with van der Waals surface area (Å²) in [6, 6.07) is 9.62. The quantitative estimate of drug-likeness (QED) is 0.878. The van der Waals surface area contributed by atoms with Crippen LogP contribution in [-0.2, 0) is 16.0 Å². The van der Waals surface area contributed by atoms with E-state index in [4.69, 9.17) is 0 Å². The van der Waals surface area contributed by atoms with Gasteiger partial charge in [-0.25, -0.2) is 0 Å². The highest BCUT2D eigenvalue weighted by atomic mass is 16.2. The molecule has 1 saturated heterocycles. The predicted octanol–water partition coefficient (Wildman–Crippen LogP) is 1.52. The Morgan fingerprint density at radius 3 is 2.91 bits per heavy atom. The highest BCUT2D eigenvalue weighted by Crippen LogP contribution is 2.18. The molecule has 2 N–H and O–H groups in total. The predicted molar refractivity (Wildman–Crippen MR) is 82.3 cm³/mol. The Morgan fingerprint density at radius 2 is 2.18 bits per heavy atom. The zero-order chi connectivity index (χ0) is 15.4. The van der Waals surface area contributed by atoms with E-state index in [1.54, 1.807) is 17.1 Å². The van der Waals surface area contributed by atoms with E-state index in [1.165, 1.54) is 0 Å². The van der Waals surface area contributed by atoms with Gasteiger partial charge in [0.25, 0.3) is 0 Å². The first-order valence-electron chi connectivity index (χ1n) is 7.38. The summed E-state index contributed by atoms with van der Waals surface area (Å²) in [6.45, 7) is 0.669. The molecule has 2 amide bonds. The van der Waals surface area contributed by atoms with Crippen LogP contribution in [0.5, 0.6) is 0 Å². The van der Waals surface area contributed by atoms with Crippen molar-refractivity contribution >= 4 is 17.5 Å². The van der Waals surface area contributed by atoms with Gasteiger partial charge in [0.05, 0.1) is 11.9 Å². The van der Waals surface area contributed by atoms with E-state index >= 15 is 0 Å². The summed E-state index contributed by atoms with van der Waals surface area (Å²) in [6.07, 6.45) is 5.12. The minimum absolute atomic E-state index is 0.0231. The molecule has 0 radical (unpaired) electrons. The first kappa shape index (κ1) is 14.3. The zero-order valence-electron chi connectivity index (χ0n) is 12.2. The van der Waals surface area contributed by atoms with Crippen molar-refractivity contribution in [1.82, 2.24) is 15.1 Å². The van der Waals surface area contributed by atoms with Gasteiger partial charge < -0.3 is 10.6 Å². The molecule has 1 atom stereocenters. The molecule has 2 aromatic rings. The van der Waals surface area contributed by atoms with Crippen LogP contribution in [0, 0.1) is 0 Å². The Kier molecular flexibility index (Phi) is 4.18. The number of benzene rings is 1. The molecule has 22 heavy (non-hydrogen) atoms. The van der Waals surface area contributed by atoms with Gasteiger partial charge in [-0.15, -0.1) is 0 Å². The average Bonchev–Trinajstić information content (AvgIpc) is 3.15. The van der Waals surface area contributed by atoms with Crippen LogP contribution in [0.3, 0.4) is 0 Å². The standard InChI is InChI=1S/C16H18N4O2/c21-15(7-6-12-4-2-1-3-5-12)19-13-10-18-20(11-13)14-8-9-17-16(14)22/h1-5,10-11,14H,6-9H2,(H,17,22)(H,19,21). The van der Waals surface area contributed by atoms with Gasteiger partial charge in [0, 0.05) is 19.2 Å². The Balaban J connectivity index is 1.53. The molecule has 114 valence electrons. The molecule has 1 aliphatic rings. The van der Waals surface area contributed by atoms with E-state index in [2.05, 4.69) is 15.7 Å². The summed E-state index contributed by atoms with van der Waals surface area (Å²) in [5, 5.41) is 9.75. The summed E-state index contributed by atoms with van der Waals surface area (Å²) >= 11 is 0. The number of nitrogens with zero attached hydrogens (tertiary/aromatic N) is 2. The van der Waals surface area contributed by atoms with E-state index in [-0.39, 0.29) is 17.9 Å². The van der Waals surface area contributed by atoms with E-state index in [9.17, 15) is 9.59 Å². The first-order valence-corrected chi connectivity index (χ1v) is 7.38. The van der Waals surface area contributed by atoms with Crippen molar-refractivity contribution in [2.24, 2.45) is 0 Å². The summed E-state index contributed by atoms with van der Waals surface area (Å²) in [5.41, 5.74) is 1.76. The molecule has 6 heteroatoms. The van der Waals surface area contributed by atoms with Gasteiger partial charge in [0.15, 0.2) is 0 Å². The Bertz CT molecular complexity index is 666. The third-order valence-corrected chi connectivity index (χ3v) is 3.71. The van der Waals surface area contributed by atoms with Crippen molar-refractivity contribution in [3.63, 3.8) is 0 Å². The minimum Gasteiger partial charge on any atom is -0.354 e. The van der Waals surface area contributed by atoms with Crippen molar-refractivity contribution in [2.75, 3.05) is 11.9 Å². The molecule has 1 fully saturated rings. The number of rotatable bonds is 5. The monoisotopic (exact) mass is 298 g/mol. The van der Waals surface area contributed by atoms with Gasteiger partial charge >= 0.3 is 0 Å². The maximum atomic E-state index is 12.0. The number of aromatic nitrogens is 2. The maximum Gasteiger partial charge on any atom is 0.244 e. The Morgan fingerprint density at radius 1 is 1.36 bits per heavy atom. The van der Waals surface area contributed by atoms with Gasteiger partial charge in [-0.3, -0.25) is 14.3 Å². The number of carbonyl (C=O) groups excluding carboxylic acids is 2. The molecule has 1 aromatic heterocycles. The molecule has 0 bridgehead atoms. The fraction of sp³-hybridized carbons (Fsp3) is 0.312. The van der Waals surface area contributed by atoms with Gasteiger partial charge in [-0.2, -0.15) is 5.10 Å². The third-order valence-electron chi connectivity index (χ3n) is 3.71. The normalized spacial score (nSPS) is 17.3. The lowest BCUT2D eigenvalue weighted by atomic mass is 10.1. The van der Waals surface area contributed by atoms with Crippen LogP contribution >= 0.6 is 0 Å². The van der Waals surface area contributed by atoms with Crippen molar-refractivity contribution < 1.29 is 9.59 Å². The molecule has 1 aromatic carbocycles. The van der Waals surface area contributed by atoms with Gasteiger partial charge in [0.2, 0.25) is 11.8 Å². The van der Waals surface area contributed by atoms with Crippen LogP contribution < -0.4 is 10.6 Å². The Hall–Kier alpha value is -2.63. The van der Waals surface area contributed by atoms with Crippen LogP contribution in [0.15, 0.2) is 42.7 Å². The number of anilines is 1. The van der Waals surface area contributed by atoms with Crippen molar-refractivity contribution in [1.29, 1.82) is 0 Å². The summed E-state index contributed by atoms with van der Waals surface area (Å²) in [7, 11) is 0. The molecule has 0 spiro atoms. The second-order valence-electron chi connectivity index (χ2n) is 5.34. The second kappa shape index (κ2) is 6.43. The number of amides is 2. The fourth-order valence-electron chi connectivity index (χ4n) is 2.53.